The van der Waals surface area contributed by atoms with Gasteiger partial charge < -0.3 is 14.8 Å². The second kappa shape index (κ2) is 5.07. The van der Waals surface area contributed by atoms with Gasteiger partial charge >= 0.3 is 0 Å². The van der Waals surface area contributed by atoms with E-state index in [-0.39, 0.29) is 0 Å². The van der Waals surface area contributed by atoms with Gasteiger partial charge in [-0.05, 0) is 6.07 Å². The molecule has 0 spiro atoms. The fraction of sp³-hybridized carbons (Fsp3) is 0.500. The number of nitrogens with zero attached hydrogens (tertiary/aromatic N) is 3. The average Bonchev–Trinajstić information content (AvgIpc) is 2.47. The molecule has 0 aromatic carbocycles. The molecule has 0 saturated heterocycles. The van der Waals surface area contributed by atoms with Crippen molar-refractivity contribution in [2.24, 2.45) is 12.0 Å². The van der Waals surface area contributed by atoms with Crippen molar-refractivity contribution in [2.75, 3.05) is 21.1 Å². The fourth-order valence-electron chi connectivity index (χ4n) is 1.51. The molecule has 1 aromatic rings. The van der Waals surface area contributed by atoms with Crippen LogP contribution >= 0.6 is 11.6 Å². The van der Waals surface area contributed by atoms with E-state index in [4.69, 9.17) is 11.6 Å². The predicted molar refractivity (Wildman–Crippen MR) is 64.3 cm³/mol. The molecule has 4 nitrogen and oxygen atoms in total. The maximum Gasteiger partial charge on any atom is 0.193 e. The summed E-state index contributed by atoms with van der Waals surface area (Å²) in [6.45, 7) is 0.775. The standard InChI is InChI=1S/C10H17ClN4/c1-12-10(13-2)15(4)7-9-5-8(11)6-14(9)3/h5-6H,7H2,1-4H3,(H,12,13). The van der Waals surface area contributed by atoms with Crippen LogP contribution in [0, 0.1) is 0 Å². The minimum absolute atomic E-state index is 0.764. The van der Waals surface area contributed by atoms with Gasteiger partial charge in [-0.3, -0.25) is 4.99 Å². The van der Waals surface area contributed by atoms with E-state index in [1.54, 1.807) is 7.05 Å². The van der Waals surface area contributed by atoms with Crippen LogP contribution in [-0.4, -0.2) is 36.6 Å². The fourth-order valence-corrected chi connectivity index (χ4v) is 1.79. The number of rotatable bonds is 2. The van der Waals surface area contributed by atoms with E-state index in [2.05, 4.69) is 10.3 Å². The van der Waals surface area contributed by atoms with Crippen molar-refractivity contribution in [3.8, 4) is 0 Å². The van der Waals surface area contributed by atoms with Crippen molar-refractivity contribution in [3.63, 3.8) is 0 Å². The van der Waals surface area contributed by atoms with Crippen molar-refractivity contribution in [1.29, 1.82) is 0 Å². The highest BCUT2D eigenvalue weighted by Gasteiger charge is 2.07. The molecule has 0 atom stereocenters. The molecule has 84 valence electrons. The van der Waals surface area contributed by atoms with Crippen LogP contribution in [0.25, 0.3) is 0 Å². The molecule has 1 N–H and O–H groups in total. The van der Waals surface area contributed by atoms with Gasteiger partial charge in [-0.2, -0.15) is 0 Å². The van der Waals surface area contributed by atoms with E-state index in [9.17, 15) is 0 Å². The van der Waals surface area contributed by atoms with Crippen molar-refractivity contribution in [1.82, 2.24) is 14.8 Å². The Morgan fingerprint density at radius 1 is 1.67 bits per heavy atom. The minimum Gasteiger partial charge on any atom is -0.359 e. The second-order valence-corrected chi connectivity index (χ2v) is 3.85. The molecule has 0 fully saturated rings. The Morgan fingerprint density at radius 2 is 2.33 bits per heavy atom. The Labute approximate surface area is 95.5 Å². The molecule has 1 rings (SSSR count). The van der Waals surface area contributed by atoms with Crippen LogP contribution in [0.2, 0.25) is 5.02 Å². The summed E-state index contributed by atoms with van der Waals surface area (Å²) in [5.74, 6) is 0.854. The van der Waals surface area contributed by atoms with Crippen molar-refractivity contribution in [3.05, 3.63) is 23.0 Å². The number of halogens is 1. The third kappa shape index (κ3) is 2.89. The van der Waals surface area contributed by atoms with E-state index in [0.717, 1.165) is 23.2 Å². The van der Waals surface area contributed by atoms with E-state index in [1.807, 2.05) is 42.9 Å². The molecule has 5 heteroatoms. The van der Waals surface area contributed by atoms with Crippen molar-refractivity contribution < 1.29 is 0 Å². The highest BCUT2D eigenvalue weighted by molar-refractivity contribution is 6.30. The van der Waals surface area contributed by atoms with Crippen LogP contribution in [0.4, 0.5) is 0 Å². The topological polar surface area (TPSA) is 32.6 Å². The Hall–Kier alpha value is -1.16. The highest BCUT2D eigenvalue weighted by Crippen LogP contribution is 2.13. The zero-order chi connectivity index (χ0) is 11.4. The van der Waals surface area contributed by atoms with Gasteiger partial charge in [0.1, 0.15) is 0 Å². The first kappa shape index (κ1) is 11.9. The number of hydrogen-bond donors (Lipinski definition) is 1. The minimum atomic E-state index is 0.764. The van der Waals surface area contributed by atoms with Gasteiger partial charge in [0, 0.05) is 40.1 Å². The van der Waals surface area contributed by atoms with E-state index in [1.165, 1.54) is 0 Å². The molecule has 0 aliphatic heterocycles. The molecule has 1 aromatic heterocycles. The molecule has 0 saturated carbocycles. The van der Waals surface area contributed by atoms with E-state index < -0.39 is 0 Å². The van der Waals surface area contributed by atoms with E-state index in [0.29, 0.717) is 0 Å². The van der Waals surface area contributed by atoms with Gasteiger partial charge in [-0.15, -0.1) is 0 Å². The van der Waals surface area contributed by atoms with Crippen LogP contribution in [-0.2, 0) is 13.6 Å². The van der Waals surface area contributed by atoms with Gasteiger partial charge in [0.05, 0.1) is 11.6 Å². The lowest BCUT2D eigenvalue weighted by atomic mass is 10.4. The van der Waals surface area contributed by atoms with E-state index >= 15 is 0 Å². The normalized spacial score (nSPS) is 11.7. The smallest absolute Gasteiger partial charge is 0.193 e. The summed E-state index contributed by atoms with van der Waals surface area (Å²) < 4.78 is 2.02. The molecule has 0 unspecified atom stereocenters. The summed E-state index contributed by atoms with van der Waals surface area (Å²) in [6.07, 6.45) is 1.90. The number of aryl methyl sites for hydroxylation is 1. The first-order valence-corrected chi connectivity index (χ1v) is 5.12. The molecule has 0 aliphatic carbocycles. The average molecular weight is 229 g/mol. The van der Waals surface area contributed by atoms with Crippen LogP contribution in [0.5, 0.6) is 0 Å². The predicted octanol–water partition coefficient (Wildman–Crippen LogP) is 1.32. The maximum atomic E-state index is 5.91. The molecule has 1 heterocycles. The van der Waals surface area contributed by atoms with Crippen LogP contribution in [0.1, 0.15) is 5.69 Å². The van der Waals surface area contributed by atoms with Gasteiger partial charge in [-0.1, -0.05) is 11.6 Å². The zero-order valence-corrected chi connectivity index (χ0v) is 10.3. The van der Waals surface area contributed by atoms with Crippen LogP contribution < -0.4 is 5.32 Å². The number of aromatic nitrogens is 1. The van der Waals surface area contributed by atoms with Crippen LogP contribution in [0.15, 0.2) is 17.3 Å². The molecule has 0 aliphatic rings. The summed E-state index contributed by atoms with van der Waals surface area (Å²) in [5.41, 5.74) is 1.15. The summed E-state index contributed by atoms with van der Waals surface area (Å²) in [6, 6.07) is 1.96. The monoisotopic (exact) mass is 228 g/mol. The number of hydrogen-bond acceptors (Lipinski definition) is 1. The zero-order valence-electron chi connectivity index (χ0n) is 9.58. The van der Waals surface area contributed by atoms with Gasteiger partial charge in [0.25, 0.3) is 0 Å². The maximum absolute atomic E-state index is 5.91. The summed E-state index contributed by atoms with van der Waals surface area (Å²) >= 11 is 5.91. The molecule has 0 radical (unpaired) electrons. The Balaban J connectivity index is 2.74. The largest absolute Gasteiger partial charge is 0.359 e. The van der Waals surface area contributed by atoms with Gasteiger partial charge in [-0.25, -0.2) is 0 Å². The second-order valence-electron chi connectivity index (χ2n) is 3.41. The number of guanidine groups is 1. The third-order valence-corrected chi connectivity index (χ3v) is 2.48. The lowest BCUT2D eigenvalue weighted by Gasteiger charge is -2.20. The molecule has 0 bridgehead atoms. The van der Waals surface area contributed by atoms with Crippen LogP contribution in [0.3, 0.4) is 0 Å². The summed E-state index contributed by atoms with van der Waals surface area (Å²) in [4.78, 5) is 6.16. The summed E-state index contributed by atoms with van der Waals surface area (Å²) in [5, 5.41) is 3.80. The molecule has 0 amide bonds. The first-order valence-electron chi connectivity index (χ1n) is 4.75. The SMILES string of the molecule is CN=C(NC)N(C)Cc1cc(Cl)cn1C. The van der Waals surface area contributed by atoms with Crippen molar-refractivity contribution >= 4 is 17.6 Å². The number of nitrogens with one attached hydrogen (secondary N) is 1. The summed E-state index contributed by atoms with van der Waals surface area (Å²) in [7, 11) is 7.59. The van der Waals surface area contributed by atoms with Gasteiger partial charge in [0.15, 0.2) is 5.96 Å². The number of aliphatic imine (C=N–C) groups is 1. The highest BCUT2D eigenvalue weighted by atomic mass is 35.5. The molecule has 15 heavy (non-hydrogen) atoms. The molecular weight excluding hydrogens is 212 g/mol. The Kier molecular flexibility index (Phi) is 4.03. The lowest BCUT2D eigenvalue weighted by Crippen LogP contribution is -2.36. The molecular formula is C10H17ClN4. The quantitative estimate of drug-likeness (QED) is 0.612. The Bertz CT molecular complexity index is 356. The lowest BCUT2D eigenvalue weighted by molar-refractivity contribution is 0.467. The Morgan fingerprint density at radius 3 is 2.73 bits per heavy atom. The van der Waals surface area contributed by atoms with Crippen molar-refractivity contribution in [2.45, 2.75) is 6.54 Å². The third-order valence-electron chi connectivity index (χ3n) is 2.27. The first-order chi connectivity index (χ1) is 7.08. The van der Waals surface area contributed by atoms with Gasteiger partial charge in [0.2, 0.25) is 0 Å².